The van der Waals surface area contributed by atoms with Crippen LogP contribution in [0.15, 0.2) is 82.4 Å². The van der Waals surface area contributed by atoms with Crippen LogP contribution in [0, 0.1) is 0 Å². The summed E-state index contributed by atoms with van der Waals surface area (Å²) >= 11 is 3.43. The minimum atomic E-state index is -0.413. The van der Waals surface area contributed by atoms with Gasteiger partial charge in [-0.05, 0) is 60.5 Å². The minimum Gasteiger partial charge on any atom is -0.497 e. The van der Waals surface area contributed by atoms with Gasteiger partial charge >= 0.3 is 0 Å². The van der Waals surface area contributed by atoms with Crippen molar-refractivity contribution in [2.45, 2.75) is 26.0 Å². The van der Waals surface area contributed by atoms with Crippen LogP contribution < -0.4 is 20.2 Å². The molecule has 0 saturated heterocycles. The van der Waals surface area contributed by atoms with Crippen molar-refractivity contribution >= 4 is 33.7 Å². The summed E-state index contributed by atoms with van der Waals surface area (Å²) in [4.78, 5) is 12.6. The zero-order chi connectivity index (χ0) is 22.8. The van der Waals surface area contributed by atoms with Gasteiger partial charge in [-0.3, -0.25) is 4.79 Å². The molecule has 32 heavy (non-hydrogen) atoms. The van der Waals surface area contributed by atoms with Crippen LogP contribution in [-0.4, -0.2) is 25.3 Å². The molecule has 0 spiro atoms. The van der Waals surface area contributed by atoms with Gasteiger partial charge in [-0.15, -0.1) is 0 Å². The van der Waals surface area contributed by atoms with Crippen molar-refractivity contribution in [2.75, 3.05) is 12.4 Å². The zero-order valence-corrected chi connectivity index (χ0v) is 19.6. The summed E-state index contributed by atoms with van der Waals surface area (Å²) in [5, 5.41) is 7.35. The number of nitrogens with one attached hydrogen (secondary N) is 2. The van der Waals surface area contributed by atoms with E-state index in [0.717, 1.165) is 27.0 Å². The molecule has 0 bridgehead atoms. The van der Waals surface area contributed by atoms with Gasteiger partial charge in [-0.25, -0.2) is 5.43 Å². The number of amides is 1. The van der Waals surface area contributed by atoms with Crippen LogP contribution in [0.4, 0.5) is 5.69 Å². The molecule has 0 aliphatic rings. The Morgan fingerprint density at radius 1 is 1.06 bits per heavy atom. The normalized spacial score (nSPS) is 11.7. The quantitative estimate of drug-likeness (QED) is 0.292. The first-order valence-corrected chi connectivity index (χ1v) is 11.1. The summed E-state index contributed by atoms with van der Waals surface area (Å²) in [6, 6.07) is 22.5. The Kier molecular flexibility index (Phi) is 8.69. The van der Waals surface area contributed by atoms with Gasteiger partial charge in [0.25, 0.3) is 5.91 Å². The van der Waals surface area contributed by atoms with E-state index in [1.165, 1.54) is 0 Å². The molecule has 3 aromatic carbocycles. The van der Waals surface area contributed by atoms with Crippen molar-refractivity contribution in [1.82, 2.24) is 5.43 Å². The number of hydrazone groups is 1. The van der Waals surface area contributed by atoms with E-state index >= 15 is 0 Å². The Bertz CT molecular complexity index is 1040. The van der Waals surface area contributed by atoms with Crippen molar-refractivity contribution < 1.29 is 14.3 Å². The van der Waals surface area contributed by atoms with Crippen LogP contribution in [0.1, 0.15) is 24.5 Å². The molecule has 0 aliphatic carbocycles. The van der Waals surface area contributed by atoms with Crippen molar-refractivity contribution in [2.24, 2.45) is 5.10 Å². The number of carbonyl (C=O) groups excluding carboxylic acids is 1. The van der Waals surface area contributed by atoms with Gasteiger partial charge in [0.2, 0.25) is 0 Å². The number of ether oxygens (including phenoxy) is 2. The monoisotopic (exact) mass is 495 g/mol. The van der Waals surface area contributed by atoms with Crippen LogP contribution in [0.2, 0.25) is 0 Å². The highest BCUT2D eigenvalue weighted by Crippen LogP contribution is 2.19. The second-order valence-corrected chi connectivity index (χ2v) is 7.94. The first-order valence-electron chi connectivity index (χ1n) is 10.3. The highest BCUT2D eigenvalue weighted by molar-refractivity contribution is 9.10. The Balaban J connectivity index is 1.57. The maximum absolute atomic E-state index is 12.6. The fraction of sp³-hybridized carbons (Fsp3) is 0.200. The van der Waals surface area contributed by atoms with Crippen LogP contribution in [0.5, 0.6) is 11.5 Å². The van der Waals surface area contributed by atoms with E-state index in [0.29, 0.717) is 18.8 Å². The summed E-state index contributed by atoms with van der Waals surface area (Å²) in [7, 11) is 1.62. The molecule has 0 unspecified atom stereocenters. The third-order valence-corrected chi connectivity index (χ3v) is 5.29. The molecular weight excluding hydrogens is 470 g/mol. The molecular formula is C25H26BrN3O3. The van der Waals surface area contributed by atoms with Gasteiger partial charge in [0.05, 0.1) is 13.3 Å². The lowest BCUT2D eigenvalue weighted by molar-refractivity contribution is -0.121. The molecule has 1 atom stereocenters. The lowest BCUT2D eigenvalue weighted by Crippen LogP contribution is -2.36. The number of anilines is 1. The molecule has 0 saturated carbocycles. The summed E-state index contributed by atoms with van der Waals surface area (Å²) in [6.45, 7) is 2.38. The lowest BCUT2D eigenvalue weighted by Gasteiger charge is -2.16. The van der Waals surface area contributed by atoms with Crippen LogP contribution in [0.25, 0.3) is 0 Å². The first-order chi connectivity index (χ1) is 15.6. The van der Waals surface area contributed by atoms with Crippen molar-refractivity contribution in [3.63, 3.8) is 0 Å². The Hall–Kier alpha value is -3.32. The molecule has 2 N–H and O–H groups in total. The fourth-order valence-corrected chi connectivity index (χ4v) is 3.21. The SMILES string of the molecule is CC[C@@H](Nc1ccc(OC)cc1)C(=O)N/N=C/c1ccccc1OCc1ccc(Br)cc1. The summed E-state index contributed by atoms with van der Waals surface area (Å²) in [5.41, 5.74) is 5.29. The second kappa shape index (κ2) is 11.9. The molecule has 0 aliphatic heterocycles. The predicted molar refractivity (Wildman–Crippen MR) is 131 cm³/mol. The molecule has 0 heterocycles. The van der Waals surface area contributed by atoms with Crippen LogP contribution >= 0.6 is 15.9 Å². The van der Waals surface area contributed by atoms with E-state index in [4.69, 9.17) is 9.47 Å². The largest absolute Gasteiger partial charge is 0.497 e. The summed E-state index contributed by atoms with van der Waals surface area (Å²) in [6.07, 6.45) is 2.20. The molecule has 0 radical (unpaired) electrons. The highest BCUT2D eigenvalue weighted by atomic mass is 79.9. The van der Waals surface area contributed by atoms with Crippen molar-refractivity contribution in [3.05, 3.63) is 88.4 Å². The van der Waals surface area contributed by atoms with E-state index < -0.39 is 6.04 Å². The maximum Gasteiger partial charge on any atom is 0.262 e. The van der Waals surface area contributed by atoms with Gasteiger partial charge < -0.3 is 14.8 Å². The molecule has 1 amide bonds. The van der Waals surface area contributed by atoms with Gasteiger partial charge in [-0.2, -0.15) is 5.10 Å². The number of para-hydroxylation sites is 1. The predicted octanol–water partition coefficient (Wildman–Crippen LogP) is 5.38. The van der Waals surface area contributed by atoms with E-state index in [9.17, 15) is 4.79 Å². The smallest absolute Gasteiger partial charge is 0.262 e. The van der Waals surface area contributed by atoms with Crippen LogP contribution in [-0.2, 0) is 11.4 Å². The fourth-order valence-electron chi connectivity index (χ4n) is 2.95. The van der Waals surface area contributed by atoms with Crippen molar-refractivity contribution in [3.8, 4) is 11.5 Å². The zero-order valence-electron chi connectivity index (χ0n) is 18.0. The number of carbonyl (C=O) groups is 1. The molecule has 0 aromatic heterocycles. The summed E-state index contributed by atoms with van der Waals surface area (Å²) in [5.74, 6) is 1.24. The molecule has 6 nitrogen and oxygen atoms in total. The van der Waals surface area contributed by atoms with Crippen molar-refractivity contribution in [1.29, 1.82) is 0 Å². The number of rotatable bonds is 10. The van der Waals surface area contributed by atoms with Gasteiger partial charge in [-0.1, -0.05) is 47.1 Å². The number of halogens is 1. The molecule has 166 valence electrons. The minimum absolute atomic E-state index is 0.215. The van der Waals surface area contributed by atoms with E-state index in [1.807, 2.05) is 79.7 Å². The average Bonchev–Trinajstić information content (AvgIpc) is 2.83. The topological polar surface area (TPSA) is 72.0 Å². The van der Waals surface area contributed by atoms with Gasteiger partial charge in [0.15, 0.2) is 0 Å². The highest BCUT2D eigenvalue weighted by Gasteiger charge is 2.15. The standard InChI is InChI=1S/C25H26BrN3O3/c1-3-23(28-21-12-14-22(31-2)15-13-21)25(30)29-27-16-19-6-4-5-7-24(19)32-17-18-8-10-20(26)11-9-18/h4-16,23,28H,3,17H2,1-2H3,(H,29,30)/b27-16+/t23-/m1/s1. The maximum atomic E-state index is 12.6. The number of nitrogens with zero attached hydrogens (tertiary/aromatic N) is 1. The Morgan fingerprint density at radius 3 is 2.47 bits per heavy atom. The van der Waals surface area contributed by atoms with E-state index in [2.05, 4.69) is 31.8 Å². The third-order valence-electron chi connectivity index (χ3n) is 4.76. The Labute approximate surface area is 196 Å². The summed E-state index contributed by atoms with van der Waals surface area (Å²) < 4.78 is 12.1. The Morgan fingerprint density at radius 2 is 1.78 bits per heavy atom. The first kappa shape index (κ1) is 23.3. The number of hydrogen-bond donors (Lipinski definition) is 2. The number of benzene rings is 3. The number of hydrogen-bond acceptors (Lipinski definition) is 5. The van der Waals surface area contributed by atoms with Gasteiger partial charge in [0.1, 0.15) is 24.1 Å². The molecule has 7 heteroatoms. The second-order valence-electron chi connectivity index (χ2n) is 7.02. The average molecular weight is 496 g/mol. The van der Waals surface area contributed by atoms with Crippen LogP contribution in [0.3, 0.4) is 0 Å². The molecule has 0 fully saturated rings. The molecule has 3 aromatic rings. The van der Waals surface area contributed by atoms with E-state index in [1.54, 1.807) is 13.3 Å². The van der Waals surface area contributed by atoms with Gasteiger partial charge in [0, 0.05) is 15.7 Å². The number of methoxy groups -OCH3 is 1. The van der Waals surface area contributed by atoms with E-state index in [-0.39, 0.29) is 5.91 Å². The third kappa shape index (κ3) is 6.85. The lowest BCUT2D eigenvalue weighted by atomic mass is 10.2. The molecule has 3 rings (SSSR count).